The van der Waals surface area contributed by atoms with Crippen LogP contribution in [0.4, 0.5) is 0 Å². The number of aryl methyl sites for hydroxylation is 1. The third kappa shape index (κ3) is 4.09. The quantitative estimate of drug-likeness (QED) is 0.321. The van der Waals surface area contributed by atoms with Crippen molar-refractivity contribution in [1.82, 2.24) is 0 Å². The monoisotopic (exact) mass is 484 g/mol. The summed E-state index contributed by atoms with van der Waals surface area (Å²) < 4.78 is 30.1. The summed E-state index contributed by atoms with van der Waals surface area (Å²) in [5, 5.41) is 2.15. The Labute approximate surface area is 211 Å². The lowest BCUT2D eigenvalue weighted by Gasteiger charge is -2.20. The molecular formula is C30H30NO5+. The predicted molar refractivity (Wildman–Crippen MR) is 141 cm³/mol. The van der Waals surface area contributed by atoms with Gasteiger partial charge in [0.05, 0.1) is 46.5 Å². The normalized spacial score (nSPS) is 12.2. The number of ether oxygens (including phenoxy) is 5. The molecule has 0 spiro atoms. The molecule has 2 heterocycles. The molecule has 6 heteroatoms. The lowest BCUT2D eigenvalue weighted by Crippen LogP contribution is -2.43. The lowest BCUT2D eigenvalue weighted by atomic mass is 9.93. The van der Waals surface area contributed by atoms with Crippen molar-refractivity contribution in [2.75, 3.05) is 35.5 Å². The molecule has 184 valence electrons. The Morgan fingerprint density at radius 3 is 1.97 bits per heavy atom. The van der Waals surface area contributed by atoms with E-state index in [1.165, 1.54) is 5.56 Å². The maximum Gasteiger partial charge on any atom is 0.214 e. The van der Waals surface area contributed by atoms with Gasteiger partial charge in [0.1, 0.15) is 5.75 Å². The molecule has 5 rings (SSSR count). The Kier molecular flexibility index (Phi) is 6.42. The van der Waals surface area contributed by atoms with E-state index in [1.807, 2.05) is 30.3 Å². The zero-order chi connectivity index (χ0) is 25.2. The first kappa shape index (κ1) is 23.5. The van der Waals surface area contributed by atoms with E-state index in [2.05, 4.69) is 41.0 Å². The van der Waals surface area contributed by atoms with Crippen LogP contribution in [0, 0.1) is 0 Å². The van der Waals surface area contributed by atoms with E-state index in [1.54, 1.807) is 35.5 Å². The van der Waals surface area contributed by atoms with Crippen molar-refractivity contribution in [3.8, 4) is 40.0 Å². The van der Waals surface area contributed by atoms with Crippen LogP contribution in [0.5, 0.6) is 28.7 Å². The second-order valence-electron chi connectivity index (χ2n) is 8.58. The van der Waals surface area contributed by atoms with Crippen molar-refractivity contribution in [3.63, 3.8) is 0 Å². The minimum Gasteiger partial charge on any atom is -0.497 e. The first-order chi connectivity index (χ1) is 17.6. The van der Waals surface area contributed by atoms with E-state index in [-0.39, 0.29) is 0 Å². The summed E-state index contributed by atoms with van der Waals surface area (Å²) in [6, 6.07) is 18.5. The van der Waals surface area contributed by atoms with E-state index in [0.29, 0.717) is 17.2 Å². The van der Waals surface area contributed by atoms with Gasteiger partial charge in [0.15, 0.2) is 29.5 Å². The number of hydrogen-bond donors (Lipinski definition) is 0. The second kappa shape index (κ2) is 9.82. The summed E-state index contributed by atoms with van der Waals surface area (Å²) >= 11 is 0. The van der Waals surface area contributed by atoms with E-state index < -0.39 is 0 Å². The van der Waals surface area contributed by atoms with Crippen LogP contribution in [0.25, 0.3) is 34.2 Å². The van der Waals surface area contributed by atoms with Crippen LogP contribution in [0.3, 0.4) is 0 Å². The van der Waals surface area contributed by atoms with Gasteiger partial charge in [-0.2, -0.15) is 4.57 Å². The fraction of sp³-hybridized carbons (Fsp3) is 0.233. The molecule has 1 aromatic heterocycles. The summed E-state index contributed by atoms with van der Waals surface area (Å²) in [5.41, 5.74) is 5.67. The van der Waals surface area contributed by atoms with E-state index in [9.17, 15) is 0 Å². The molecule has 0 fully saturated rings. The van der Waals surface area contributed by atoms with Crippen molar-refractivity contribution < 1.29 is 28.3 Å². The Hall–Kier alpha value is -4.19. The summed E-state index contributed by atoms with van der Waals surface area (Å²) in [6.07, 6.45) is 5.18. The molecule has 1 aliphatic heterocycles. The van der Waals surface area contributed by atoms with Gasteiger partial charge in [0.25, 0.3) is 0 Å². The Balaban J connectivity index is 1.75. The maximum absolute atomic E-state index is 5.64. The van der Waals surface area contributed by atoms with Gasteiger partial charge >= 0.3 is 0 Å². The van der Waals surface area contributed by atoms with Gasteiger partial charge in [-0.3, -0.25) is 0 Å². The predicted octanol–water partition coefficient (Wildman–Crippen LogP) is 5.56. The smallest absolute Gasteiger partial charge is 0.214 e. The van der Waals surface area contributed by atoms with Crippen LogP contribution in [0.2, 0.25) is 0 Å². The van der Waals surface area contributed by atoms with E-state index in [0.717, 1.165) is 57.8 Å². The molecule has 4 aromatic rings. The highest BCUT2D eigenvalue weighted by molar-refractivity contribution is 5.94. The summed E-state index contributed by atoms with van der Waals surface area (Å²) in [7, 11) is 8.34. The Morgan fingerprint density at radius 1 is 0.667 bits per heavy atom. The SMILES string of the molecule is COc1ccc(/C=C/c2c3cc(OC)c(OC)cc3cc3[n+]2CCc2cc(OC)c(OC)cc2-3)cc1. The van der Waals surface area contributed by atoms with Gasteiger partial charge in [-0.25, -0.2) is 0 Å². The van der Waals surface area contributed by atoms with Crippen LogP contribution in [0.1, 0.15) is 16.8 Å². The van der Waals surface area contributed by atoms with Crippen LogP contribution < -0.4 is 28.3 Å². The molecule has 0 atom stereocenters. The maximum atomic E-state index is 5.64. The number of nitrogens with zero attached hydrogens (tertiary/aromatic N) is 1. The highest BCUT2D eigenvalue weighted by Gasteiger charge is 2.29. The molecule has 36 heavy (non-hydrogen) atoms. The minimum atomic E-state index is 0.698. The Morgan fingerprint density at radius 2 is 1.31 bits per heavy atom. The molecule has 0 aliphatic carbocycles. The number of methoxy groups -OCH3 is 5. The van der Waals surface area contributed by atoms with Gasteiger partial charge in [-0.1, -0.05) is 12.1 Å². The van der Waals surface area contributed by atoms with Gasteiger partial charge < -0.3 is 23.7 Å². The van der Waals surface area contributed by atoms with Crippen LogP contribution >= 0.6 is 0 Å². The largest absolute Gasteiger partial charge is 0.497 e. The number of hydrogen-bond acceptors (Lipinski definition) is 5. The lowest BCUT2D eigenvalue weighted by molar-refractivity contribution is -0.687. The molecule has 1 aliphatic rings. The highest BCUT2D eigenvalue weighted by Crippen LogP contribution is 2.40. The molecule has 0 bridgehead atoms. The number of rotatable bonds is 7. The van der Waals surface area contributed by atoms with Crippen LogP contribution in [-0.2, 0) is 13.0 Å². The summed E-state index contributed by atoms with van der Waals surface area (Å²) in [5.74, 6) is 3.70. The third-order valence-corrected chi connectivity index (χ3v) is 6.75. The first-order valence-corrected chi connectivity index (χ1v) is 11.8. The molecule has 6 nitrogen and oxygen atoms in total. The fourth-order valence-corrected chi connectivity index (χ4v) is 4.87. The van der Waals surface area contributed by atoms with Crippen molar-refractivity contribution in [2.24, 2.45) is 0 Å². The molecule has 0 N–H and O–H groups in total. The molecule has 3 aromatic carbocycles. The fourth-order valence-electron chi connectivity index (χ4n) is 4.87. The zero-order valence-electron chi connectivity index (χ0n) is 21.3. The van der Waals surface area contributed by atoms with Crippen LogP contribution in [-0.4, -0.2) is 35.5 Å². The van der Waals surface area contributed by atoms with E-state index in [4.69, 9.17) is 23.7 Å². The Bertz CT molecular complexity index is 1460. The minimum absolute atomic E-state index is 0.698. The topological polar surface area (TPSA) is 50.0 Å². The molecule has 0 unspecified atom stereocenters. The van der Waals surface area contributed by atoms with Gasteiger partial charge in [-0.15, -0.1) is 0 Å². The number of aromatic nitrogens is 1. The summed E-state index contributed by atoms with van der Waals surface area (Å²) in [6.45, 7) is 0.838. The molecule has 0 radical (unpaired) electrons. The average molecular weight is 485 g/mol. The van der Waals surface area contributed by atoms with Crippen molar-refractivity contribution >= 4 is 22.9 Å². The van der Waals surface area contributed by atoms with Crippen molar-refractivity contribution in [2.45, 2.75) is 13.0 Å². The van der Waals surface area contributed by atoms with Gasteiger partial charge in [0.2, 0.25) is 11.4 Å². The molecule has 0 saturated carbocycles. The third-order valence-electron chi connectivity index (χ3n) is 6.75. The van der Waals surface area contributed by atoms with Crippen molar-refractivity contribution in [1.29, 1.82) is 0 Å². The number of fused-ring (bicyclic) bond motifs is 4. The van der Waals surface area contributed by atoms with Gasteiger partial charge in [-0.05, 0) is 59.0 Å². The van der Waals surface area contributed by atoms with Gasteiger partial charge in [0, 0.05) is 18.6 Å². The van der Waals surface area contributed by atoms with Crippen molar-refractivity contribution in [3.05, 3.63) is 71.4 Å². The van der Waals surface area contributed by atoms with E-state index >= 15 is 0 Å². The highest BCUT2D eigenvalue weighted by atomic mass is 16.5. The average Bonchev–Trinajstić information content (AvgIpc) is 2.93. The molecular weight excluding hydrogens is 454 g/mol. The number of pyridine rings is 1. The zero-order valence-corrected chi connectivity index (χ0v) is 21.3. The first-order valence-electron chi connectivity index (χ1n) is 11.8. The number of benzene rings is 3. The van der Waals surface area contributed by atoms with Crippen LogP contribution in [0.15, 0.2) is 54.6 Å². The molecule has 0 saturated heterocycles. The molecule has 0 amide bonds. The second-order valence-corrected chi connectivity index (χ2v) is 8.58. The summed E-state index contributed by atoms with van der Waals surface area (Å²) in [4.78, 5) is 0. The standard InChI is InChI=1S/C30H30NO5/c1-32-22-9-6-19(7-10-22)8-11-25-24-18-30(36-5)28(34-3)16-21(24)14-26-23-17-29(35-4)27(33-2)15-20(23)12-13-31(25)26/h6-11,14-18H,12-13H2,1-5H3/q+1/b11-8+.